The Morgan fingerprint density at radius 2 is 2.12 bits per heavy atom. The number of nitrogens with one attached hydrogen (secondary N) is 1. The van der Waals surface area contributed by atoms with Crippen LogP contribution in [-0.2, 0) is 17.6 Å². The van der Waals surface area contributed by atoms with Gasteiger partial charge in [-0.05, 0) is 48.0 Å². The van der Waals surface area contributed by atoms with Gasteiger partial charge < -0.3 is 5.32 Å². The lowest BCUT2D eigenvalue weighted by Gasteiger charge is -2.36. The number of carbonyl (C=O) groups excluding carboxylic acids is 1. The predicted octanol–water partition coefficient (Wildman–Crippen LogP) is 1.76. The Balaban J connectivity index is 2.06. The maximum Gasteiger partial charge on any atom is 0.229 e. The summed E-state index contributed by atoms with van der Waals surface area (Å²) in [7, 11) is 0. The Kier molecular flexibility index (Phi) is 2.30. The quantitative estimate of drug-likeness (QED) is 0.752. The molecule has 1 saturated heterocycles. The van der Waals surface area contributed by atoms with E-state index in [4.69, 9.17) is 11.6 Å². The molecule has 3 heteroatoms. The molecule has 2 unspecified atom stereocenters. The van der Waals surface area contributed by atoms with E-state index in [0.717, 1.165) is 25.9 Å². The number of carbonyl (C=O) groups is 1. The van der Waals surface area contributed by atoms with Crippen LogP contribution in [0.4, 0.5) is 0 Å². The Bertz CT molecular complexity index is 445. The van der Waals surface area contributed by atoms with E-state index in [1.54, 1.807) is 0 Å². The summed E-state index contributed by atoms with van der Waals surface area (Å²) in [6.45, 7) is 1.64. The molecule has 0 aromatic heterocycles. The molecule has 1 aliphatic heterocycles. The third-order valence-corrected chi connectivity index (χ3v) is 4.47. The molecule has 3 rings (SSSR count). The normalized spacial score (nSPS) is 31.9. The van der Waals surface area contributed by atoms with E-state index < -0.39 is 0 Å². The molecule has 1 heterocycles. The molecule has 1 aromatic rings. The molecule has 2 atom stereocenters. The van der Waals surface area contributed by atoms with Gasteiger partial charge in [0.1, 0.15) is 0 Å². The number of hydrogen-bond donors (Lipinski definition) is 1. The van der Waals surface area contributed by atoms with Crippen molar-refractivity contribution in [2.24, 2.45) is 11.3 Å². The van der Waals surface area contributed by atoms with Crippen molar-refractivity contribution in [3.8, 4) is 0 Å². The number of fused-ring (bicyclic) bond motifs is 2. The standard InChI is InChI=1S/C13H14ClNO/c14-12(16)13-6-10-4-2-1-3-9(10)5-11(13)7-15-8-13/h1-4,11,15H,5-8H2. The number of rotatable bonds is 1. The van der Waals surface area contributed by atoms with Gasteiger partial charge in [-0.1, -0.05) is 24.3 Å². The van der Waals surface area contributed by atoms with Crippen LogP contribution in [0.3, 0.4) is 0 Å². The molecule has 0 spiro atoms. The van der Waals surface area contributed by atoms with Gasteiger partial charge in [0.25, 0.3) is 0 Å². The van der Waals surface area contributed by atoms with Crippen LogP contribution < -0.4 is 5.32 Å². The second-order valence-electron chi connectivity index (χ2n) is 4.91. The molecule has 1 aliphatic carbocycles. The van der Waals surface area contributed by atoms with Crippen LogP contribution in [0, 0.1) is 11.3 Å². The highest BCUT2D eigenvalue weighted by Crippen LogP contribution is 2.43. The molecule has 0 saturated carbocycles. The second kappa shape index (κ2) is 3.57. The molecule has 2 aliphatic rings. The molecule has 0 bridgehead atoms. The zero-order chi connectivity index (χ0) is 11.2. The van der Waals surface area contributed by atoms with Gasteiger partial charge in [0, 0.05) is 6.54 Å². The Morgan fingerprint density at radius 1 is 1.38 bits per heavy atom. The van der Waals surface area contributed by atoms with Crippen LogP contribution in [0.2, 0.25) is 0 Å². The average Bonchev–Trinajstić information content (AvgIpc) is 2.69. The summed E-state index contributed by atoms with van der Waals surface area (Å²) >= 11 is 5.84. The van der Waals surface area contributed by atoms with Gasteiger partial charge in [-0.3, -0.25) is 4.79 Å². The van der Waals surface area contributed by atoms with Crippen LogP contribution >= 0.6 is 11.6 Å². The third kappa shape index (κ3) is 1.33. The summed E-state index contributed by atoms with van der Waals surface area (Å²) in [5.41, 5.74) is 2.32. The minimum Gasteiger partial charge on any atom is -0.315 e. The third-order valence-electron chi connectivity index (χ3n) is 4.09. The lowest BCUT2D eigenvalue weighted by Crippen LogP contribution is -2.42. The van der Waals surface area contributed by atoms with Gasteiger partial charge in [-0.15, -0.1) is 0 Å². The van der Waals surface area contributed by atoms with Crippen LogP contribution in [0.1, 0.15) is 11.1 Å². The van der Waals surface area contributed by atoms with Crippen molar-refractivity contribution in [3.63, 3.8) is 0 Å². The highest BCUT2D eigenvalue weighted by Gasteiger charge is 2.50. The fraction of sp³-hybridized carbons (Fsp3) is 0.462. The molecule has 16 heavy (non-hydrogen) atoms. The first-order valence-corrected chi connectivity index (χ1v) is 6.07. The highest BCUT2D eigenvalue weighted by atomic mass is 35.5. The van der Waals surface area contributed by atoms with Crippen molar-refractivity contribution < 1.29 is 4.79 Å². The molecule has 0 radical (unpaired) electrons. The predicted molar refractivity (Wildman–Crippen MR) is 63.5 cm³/mol. The molecular formula is C13H14ClNO. The summed E-state index contributed by atoms with van der Waals surface area (Å²) in [6, 6.07) is 8.38. The Hall–Kier alpha value is -0.860. The van der Waals surface area contributed by atoms with Gasteiger partial charge in [0.05, 0.1) is 5.41 Å². The van der Waals surface area contributed by atoms with Crippen LogP contribution in [0.25, 0.3) is 0 Å². The van der Waals surface area contributed by atoms with E-state index in [1.165, 1.54) is 11.1 Å². The molecule has 84 valence electrons. The monoisotopic (exact) mass is 235 g/mol. The Morgan fingerprint density at radius 3 is 2.88 bits per heavy atom. The number of halogens is 1. The van der Waals surface area contributed by atoms with E-state index in [1.807, 2.05) is 6.07 Å². The van der Waals surface area contributed by atoms with E-state index in [2.05, 4.69) is 23.5 Å². The molecule has 1 aromatic carbocycles. The SMILES string of the molecule is O=C(Cl)C12CNCC1Cc1ccccc1C2. The van der Waals surface area contributed by atoms with Crippen molar-refractivity contribution >= 4 is 16.8 Å². The molecule has 0 amide bonds. The number of hydrogen-bond acceptors (Lipinski definition) is 2. The summed E-state index contributed by atoms with van der Waals surface area (Å²) in [6.07, 6.45) is 1.77. The minimum atomic E-state index is -0.351. The lowest BCUT2D eigenvalue weighted by molar-refractivity contribution is -0.121. The van der Waals surface area contributed by atoms with Crippen molar-refractivity contribution in [2.75, 3.05) is 13.1 Å². The van der Waals surface area contributed by atoms with Gasteiger partial charge in [-0.2, -0.15) is 0 Å². The summed E-state index contributed by atoms with van der Waals surface area (Å²) < 4.78 is 0. The first-order valence-electron chi connectivity index (χ1n) is 5.70. The van der Waals surface area contributed by atoms with Crippen LogP contribution in [0.5, 0.6) is 0 Å². The smallest absolute Gasteiger partial charge is 0.229 e. The average molecular weight is 236 g/mol. The zero-order valence-corrected chi connectivity index (χ0v) is 9.76. The lowest BCUT2D eigenvalue weighted by atomic mass is 9.67. The van der Waals surface area contributed by atoms with Crippen LogP contribution in [0.15, 0.2) is 24.3 Å². The van der Waals surface area contributed by atoms with Gasteiger partial charge in [0.2, 0.25) is 5.24 Å². The van der Waals surface area contributed by atoms with Gasteiger partial charge >= 0.3 is 0 Å². The van der Waals surface area contributed by atoms with Crippen molar-refractivity contribution in [2.45, 2.75) is 12.8 Å². The first kappa shape index (κ1) is 10.3. The molecule has 1 fully saturated rings. The van der Waals surface area contributed by atoms with Crippen molar-refractivity contribution in [1.29, 1.82) is 0 Å². The largest absolute Gasteiger partial charge is 0.315 e. The zero-order valence-electron chi connectivity index (χ0n) is 9.00. The highest BCUT2D eigenvalue weighted by molar-refractivity contribution is 6.64. The van der Waals surface area contributed by atoms with E-state index in [9.17, 15) is 4.79 Å². The Labute approximate surface area is 100.0 Å². The van der Waals surface area contributed by atoms with E-state index in [0.29, 0.717) is 5.92 Å². The maximum absolute atomic E-state index is 11.7. The van der Waals surface area contributed by atoms with E-state index in [-0.39, 0.29) is 10.7 Å². The number of benzene rings is 1. The summed E-state index contributed by atoms with van der Waals surface area (Å²) in [4.78, 5) is 11.7. The first-order chi connectivity index (χ1) is 7.72. The molecule has 2 nitrogen and oxygen atoms in total. The molecule has 1 N–H and O–H groups in total. The fourth-order valence-corrected chi connectivity index (χ4v) is 3.41. The maximum atomic E-state index is 11.7. The van der Waals surface area contributed by atoms with Crippen LogP contribution in [-0.4, -0.2) is 18.3 Å². The van der Waals surface area contributed by atoms with Crippen molar-refractivity contribution in [3.05, 3.63) is 35.4 Å². The minimum absolute atomic E-state index is 0.169. The molecular weight excluding hydrogens is 222 g/mol. The topological polar surface area (TPSA) is 29.1 Å². The summed E-state index contributed by atoms with van der Waals surface area (Å²) in [5, 5.41) is 3.15. The van der Waals surface area contributed by atoms with E-state index >= 15 is 0 Å². The van der Waals surface area contributed by atoms with Gasteiger partial charge in [0.15, 0.2) is 0 Å². The van der Waals surface area contributed by atoms with Gasteiger partial charge in [-0.25, -0.2) is 0 Å². The fourth-order valence-electron chi connectivity index (χ4n) is 3.12. The summed E-state index contributed by atoms with van der Waals surface area (Å²) in [5.74, 6) is 0.368. The van der Waals surface area contributed by atoms with Crippen molar-refractivity contribution in [1.82, 2.24) is 5.32 Å². The second-order valence-corrected chi connectivity index (χ2v) is 5.25.